The average molecular weight is 244 g/mol. The van der Waals surface area contributed by atoms with Crippen LogP contribution < -0.4 is 4.74 Å². The molecular formula is C13H18F2O2. The maximum Gasteiger partial charge on any atom is 0.123 e. The summed E-state index contributed by atoms with van der Waals surface area (Å²) in [6.45, 7) is 2.84. The van der Waals surface area contributed by atoms with E-state index in [1.807, 2.05) is 13.8 Å². The summed E-state index contributed by atoms with van der Waals surface area (Å²) in [6, 6.07) is 4.21. The molecule has 0 aliphatic rings. The summed E-state index contributed by atoms with van der Waals surface area (Å²) in [5.74, 6) is 0.172. The second-order valence-corrected chi connectivity index (χ2v) is 4.74. The summed E-state index contributed by atoms with van der Waals surface area (Å²) in [4.78, 5) is 0. The van der Waals surface area contributed by atoms with Crippen LogP contribution in [-0.2, 0) is 5.41 Å². The van der Waals surface area contributed by atoms with E-state index in [-0.39, 0.29) is 12.2 Å². The van der Waals surface area contributed by atoms with Crippen LogP contribution in [0, 0.1) is 5.82 Å². The first kappa shape index (κ1) is 13.9. The summed E-state index contributed by atoms with van der Waals surface area (Å²) in [6.07, 6.45) is -0.832. The van der Waals surface area contributed by atoms with Crippen LogP contribution >= 0.6 is 0 Å². The minimum Gasteiger partial charge on any atom is -0.496 e. The largest absolute Gasteiger partial charge is 0.496 e. The minimum absolute atomic E-state index is 0.212. The maximum absolute atomic E-state index is 13.2. The van der Waals surface area contributed by atoms with Gasteiger partial charge in [0, 0.05) is 5.56 Å². The number of rotatable bonds is 5. The highest BCUT2D eigenvalue weighted by Gasteiger charge is 2.28. The first-order chi connectivity index (χ1) is 7.90. The van der Waals surface area contributed by atoms with Crippen LogP contribution in [0.4, 0.5) is 8.78 Å². The Labute approximate surface area is 100 Å². The van der Waals surface area contributed by atoms with Crippen LogP contribution in [0.5, 0.6) is 5.75 Å². The van der Waals surface area contributed by atoms with Crippen molar-refractivity contribution in [2.24, 2.45) is 0 Å². The van der Waals surface area contributed by atoms with Crippen molar-refractivity contribution in [1.29, 1.82) is 0 Å². The predicted molar refractivity (Wildman–Crippen MR) is 62.6 cm³/mol. The molecule has 0 aliphatic carbocycles. The fourth-order valence-electron chi connectivity index (χ4n) is 1.96. The van der Waals surface area contributed by atoms with E-state index >= 15 is 0 Å². The molecule has 0 fully saturated rings. The third kappa shape index (κ3) is 3.40. The number of alkyl halides is 1. The Kier molecular flexibility index (Phi) is 4.46. The van der Waals surface area contributed by atoms with Crippen molar-refractivity contribution in [1.82, 2.24) is 0 Å². The van der Waals surface area contributed by atoms with E-state index in [0.717, 1.165) is 0 Å². The van der Waals surface area contributed by atoms with Gasteiger partial charge in [-0.3, -0.25) is 0 Å². The van der Waals surface area contributed by atoms with E-state index in [0.29, 0.717) is 11.3 Å². The van der Waals surface area contributed by atoms with Gasteiger partial charge < -0.3 is 9.84 Å². The van der Waals surface area contributed by atoms with Crippen molar-refractivity contribution in [2.45, 2.75) is 31.8 Å². The van der Waals surface area contributed by atoms with Crippen LogP contribution in [0.1, 0.15) is 25.8 Å². The van der Waals surface area contributed by atoms with Gasteiger partial charge in [-0.25, -0.2) is 8.78 Å². The molecule has 0 bridgehead atoms. The Bertz CT molecular complexity index is 378. The number of aliphatic hydroxyl groups excluding tert-OH is 1. The zero-order valence-corrected chi connectivity index (χ0v) is 10.3. The summed E-state index contributed by atoms with van der Waals surface area (Å²) in [5.41, 5.74) is 0.0753. The van der Waals surface area contributed by atoms with E-state index in [2.05, 4.69) is 0 Å². The molecule has 0 radical (unpaired) electrons. The molecular weight excluding hydrogens is 226 g/mol. The minimum atomic E-state index is -1.04. The Morgan fingerprint density at radius 2 is 2.06 bits per heavy atom. The van der Waals surface area contributed by atoms with E-state index in [9.17, 15) is 13.9 Å². The van der Waals surface area contributed by atoms with Gasteiger partial charge in [0.25, 0.3) is 0 Å². The highest BCUT2D eigenvalue weighted by Crippen LogP contribution is 2.35. The molecule has 4 heteroatoms. The second-order valence-electron chi connectivity index (χ2n) is 4.74. The van der Waals surface area contributed by atoms with Gasteiger partial charge in [-0.15, -0.1) is 0 Å². The maximum atomic E-state index is 13.2. The SMILES string of the molecule is COc1ccc(F)cc1C(C)(C)CC(O)CF. The Hall–Kier alpha value is -1.16. The number of methoxy groups -OCH3 is 1. The summed E-state index contributed by atoms with van der Waals surface area (Å²) in [5, 5.41) is 9.38. The molecule has 1 N–H and O–H groups in total. The van der Waals surface area contributed by atoms with Crippen molar-refractivity contribution in [3.63, 3.8) is 0 Å². The highest BCUT2D eigenvalue weighted by molar-refractivity contribution is 5.39. The van der Waals surface area contributed by atoms with Gasteiger partial charge in [0.2, 0.25) is 0 Å². The topological polar surface area (TPSA) is 29.5 Å². The molecule has 1 aromatic carbocycles. The van der Waals surface area contributed by atoms with Gasteiger partial charge in [-0.2, -0.15) is 0 Å². The van der Waals surface area contributed by atoms with Gasteiger partial charge in [0.1, 0.15) is 18.2 Å². The van der Waals surface area contributed by atoms with Crippen molar-refractivity contribution in [3.8, 4) is 5.75 Å². The Morgan fingerprint density at radius 1 is 1.41 bits per heavy atom. The van der Waals surface area contributed by atoms with Gasteiger partial charge >= 0.3 is 0 Å². The van der Waals surface area contributed by atoms with Crippen molar-refractivity contribution >= 4 is 0 Å². The van der Waals surface area contributed by atoms with Crippen molar-refractivity contribution in [2.75, 3.05) is 13.8 Å². The fourth-order valence-corrected chi connectivity index (χ4v) is 1.96. The molecule has 0 spiro atoms. The van der Waals surface area contributed by atoms with Crippen molar-refractivity contribution < 1.29 is 18.6 Å². The molecule has 0 aliphatic heterocycles. The lowest BCUT2D eigenvalue weighted by molar-refractivity contribution is 0.109. The number of hydrogen-bond donors (Lipinski definition) is 1. The average Bonchev–Trinajstić information content (AvgIpc) is 2.28. The fraction of sp³-hybridized carbons (Fsp3) is 0.538. The molecule has 2 nitrogen and oxygen atoms in total. The highest BCUT2D eigenvalue weighted by atomic mass is 19.1. The van der Waals surface area contributed by atoms with Crippen LogP contribution in [0.2, 0.25) is 0 Å². The number of ether oxygens (including phenoxy) is 1. The number of aliphatic hydroxyl groups is 1. The molecule has 0 heterocycles. The monoisotopic (exact) mass is 244 g/mol. The molecule has 1 aromatic rings. The Morgan fingerprint density at radius 3 is 2.59 bits per heavy atom. The number of halogens is 2. The van der Waals surface area contributed by atoms with Crippen LogP contribution in [-0.4, -0.2) is 25.0 Å². The van der Waals surface area contributed by atoms with E-state index in [4.69, 9.17) is 4.74 Å². The molecule has 0 aromatic heterocycles. The van der Waals surface area contributed by atoms with E-state index in [1.54, 1.807) is 0 Å². The molecule has 17 heavy (non-hydrogen) atoms. The van der Waals surface area contributed by atoms with Crippen LogP contribution in [0.15, 0.2) is 18.2 Å². The normalized spacial score (nSPS) is 13.5. The third-order valence-corrected chi connectivity index (χ3v) is 2.81. The van der Waals surface area contributed by atoms with Gasteiger partial charge in [-0.05, 0) is 30.0 Å². The molecule has 1 unspecified atom stereocenters. The quantitative estimate of drug-likeness (QED) is 0.863. The predicted octanol–water partition coefficient (Wildman–Crippen LogP) is 2.83. The third-order valence-electron chi connectivity index (χ3n) is 2.81. The van der Waals surface area contributed by atoms with Crippen molar-refractivity contribution in [3.05, 3.63) is 29.6 Å². The van der Waals surface area contributed by atoms with Gasteiger partial charge in [0.05, 0.1) is 13.2 Å². The molecule has 0 saturated heterocycles. The Balaban J connectivity index is 3.07. The van der Waals surface area contributed by atoms with Gasteiger partial charge in [-0.1, -0.05) is 13.8 Å². The van der Waals surface area contributed by atoms with E-state index < -0.39 is 18.2 Å². The summed E-state index contributed by atoms with van der Waals surface area (Å²) < 4.78 is 30.7. The first-order valence-corrected chi connectivity index (χ1v) is 5.48. The van der Waals surface area contributed by atoms with Gasteiger partial charge in [0.15, 0.2) is 0 Å². The molecule has 0 saturated carbocycles. The molecule has 1 rings (SSSR count). The smallest absolute Gasteiger partial charge is 0.123 e. The number of hydrogen-bond acceptors (Lipinski definition) is 2. The standard InChI is InChI=1S/C13H18F2O2/c1-13(2,7-10(16)8-14)11-6-9(15)4-5-12(11)17-3/h4-6,10,16H,7-8H2,1-3H3. The lowest BCUT2D eigenvalue weighted by atomic mass is 9.79. The molecule has 1 atom stereocenters. The lowest BCUT2D eigenvalue weighted by Gasteiger charge is -2.28. The first-order valence-electron chi connectivity index (χ1n) is 5.48. The molecule has 0 amide bonds. The van der Waals surface area contributed by atoms with E-state index in [1.165, 1.54) is 25.3 Å². The molecule has 96 valence electrons. The van der Waals surface area contributed by atoms with Crippen LogP contribution in [0.25, 0.3) is 0 Å². The summed E-state index contributed by atoms with van der Waals surface area (Å²) >= 11 is 0. The zero-order valence-electron chi connectivity index (χ0n) is 10.3. The summed E-state index contributed by atoms with van der Waals surface area (Å²) in [7, 11) is 1.50. The lowest BCUT2D eigenvalue weighted by Crippen LogP contribution is -2.26. The van der Waals surface area contributed by atoms with Crippen LogP contribution in [0.3, 0.4) is 0 Å². The second kappa shape index (κ2) is 5.45. The zero-order chi connectivity index (χ0) is 13.1. The number of benzene rings is 1.